The Bertz CT molecular complexity index is 336. The maximum atomic E-state index is 10.8. The predicted molar refractivity (Wildman–Crippen MR) is 56.5 cm³/mol. The third kappa shape index (κ3) is 2.90. The molecular weight excluding hydrogens is 176 g/mol. The van der Waals surface area contributed by atoms with Crippen LogP contribution in [0.25, 0.3) is 6.08 Å². The van der Waals surface area contributed by atoms with Crippen LogP contribution in [0, 0.1) is 0 Å². The monoisotopic (exact) mass is 188 g/mol. The van der Waals surface area contributed by atoms with Gasteiger partial charge in [0.25, 0.3) is 0 Å². The largest absolute Gasteiger partial charge is 0.458 e. The van der Waals surface area contributed by atoms with Crippen molar-refractivity contribution >= 4 is 12.0 Å². The molecule has 0 amide bonds. The number of carbonyl (C=O) groups excluding carboxylic acids is 1. The van der Waals surface area contributed by atoms with Crippen molar-refractivity contribution in [1.29, 1.82) is 0 Å². The maximum Gasteiger partial charge on any atom is 0.330 e. The molecule has 0 saturated carbocycles. The Kier molecular flexibility index (Phi) is 3.68. The summed E-state index contributed by atoms with van der Waals surface area (Å²) in [6.45, 7) is 7.24. The quantitative estimate of drug-likeness (QED) is 0.536. The standard InChI is InChI=1S/C12H12O2/c1-3-10-5-7-11(8-6-10)9-14-12(13)4-2/h3-8H,1-2,9H2. The van der Waals surface area contributed by atoms with Crippen molar-refractivity contribution in [3.63, 3.8) is 0 Å². The zero-order valence-corrected chi connectivity index (χ0v) is 7.90. The van der Waals surface area contributed by atoms with Gasteiger partial charge in [-0.2, -0.15) is 0 Å². The highest BCUT2D eigenvalue weighted by atomic mass is 16.5. The van der Waals surface area contributed by atoms with Crippen LogP contribution in [-0.4, -0.2) is 5.97 Å². The molecule has 0 N–H and O–H groups in total. The normalized spacial score (nSPS) is 9.14. The fourth-order valence-corrected chi connectivity index (χ4v) is 0.963. The summed E-state index contributed by atoms with van der Waals surface area (Å²) >= 11 is 0. The van der Waals surface area contributed by atoms with Crippen molar-refractivity contribution < 1.29 is 9.53 Å². The molecule has 0 radical (unpaired) electrons. The predicted octanol–water partition coefficient (Wildman–Crippen LogP) is 2.56. The highest BCUT2D eigenvalue weighted by Crippen LogP contribution is 2.06. The van der Waals surface area contributed by atoms with Gasteiger partial charge in [-0.25, -0.2) is 4.79 Å². The van der Waals surface area contributed by atoms with Gasteiger partial charge in [-0.15, -0.1) is 0 Å². The van der Waals surface area contributed by atoms with Crippen LogP contribution >= 0.6 is 0 Å². The van der Waals surface area contributed by atoms with E-state index in [0.29, 0.717) is 0 Å². The van der Waals surface area contributed by atoms with E-state index in [9.17, 15) is 4.79 Å². The summed E-state index contributed by atoms with van der Waals surface area (Å²) in [7, 11) is 0. The van der Waals surface area contributed by atoms with Crippen LogP contribution in [0.5, 0.6) is 0 Å². The summed E-state index contributed by atoms with van der Waals surface area (Å²) < 4.78 is 4.87. The molecule has 1 aromatic rings. The third-order valence-corrected chi connectivity index (χ3v) is 1.76. The summed E-state index contributed by atoms with van der Waals surface area (Å²) in [5.74, 6) is -0.405. The summed E-state index contributed by atoms with van der Waals surface area (Å²) in [6.07, 6.45) is 2.91. The minimum absolute atomic E-state index is 0.280. The van der Waals surface area contributed by atoms with E-state index in [1.54, 1.807) is 6.08 Å². The summed E-state index contributed by atoms with van der Waals surface area (Å²) in [5, 5.41) is 0. The molecule has 0 spiro atoms. The van der Waals surface area contributed by atoms with Gasteiger partial charge in [0.2, 0.25) is 0 Å². The minimum Gasteiger partial charge on any atom is -0.458 e. The lowest BCUT2D eigenvalue weighted by atomic mass is 10.1. The lowest BCUT2D eigenvalue weighted by Crippen LogP contribution is -1.99. The fraction of sp³-hybridized carbons (Fsp3) is 0.0833. The number of esters is 1. The fourth-order valence-electron chi connectivity index (χ4n) is 0.963. The van der Waals surface area contributed by atoms with E-state index in [-0.39, 0.29) is 6.61 Å². The lowest BCUT2D eigenvalue weighted by Gasteiger charge is -2.02. The molecule has 0 aliphatic carbocycles. The molecular formula is C12H12O2. The highest BCUT2D eigenvalue weighted by molar-refractivity contribution is 5.81. The third-order valence-electron chi connectivity index (χ3n) is 1.76. The molecule has 0 saturated heterocycles. The molecule has 1 rings (SSSR count). The number of rotatable bonds is 4. The average molecular weight is 188 g/mol. The van der Waals surface area contributed by atoms with E-state index in [2.05, 4.69) is 13.2 Å². The summed E-state index contributed by atoms with van der Waals surface area (Å²) in [6, 6.07) is 7.63. The van der Waals surface area contributed by atoms with Gasteiger partial charge >= 0.3 is 5.97 Å². The molecule has 72 valence electrons. The average Bonchev–Trinajstić information content (AvgIpc) is 2.26. The molecule has 0 bridgehead atoms. The first kappa shape index (κ1) is 10.3. The van der Waals surface area contributed by atoms with Crippen molar-refractivity contribution in [3.05, 3.63) is 54.6 Å². The maximum absolute atomic E-state index is 10.8. The number of hydrogen-bond donors (Lipinski definition) is 0. The van der Waals surface area contributed by atoms with Crippen molar-refractivity contribution in [2.75, 3.05) is 0 Å². The lowest BCUT2D eigenvalue weighted by molar-refractivity contribution is -0.138. The smallest absolute Gasteiger partial charge is 0.330 e. The zero-order chi connectivity index (χ0) is 10.4. The molecule has 1 aromatic carbocycles. The molecule has 2 heteroatoms. The van der Waals surface area contributed by atoms with Crippen molar-refractivity contribution in [2.45, 2.75) is 6.61 Å². The first-order valence-electron chi connectivity index (χ1n) is 4.27. The molecule has 0 aromatic heterocycles. The number of carbonyl (C=O) groups is 1. The molecule has 2 nitrogen and oxygen atoms in total. The van der Waals surface area contributed by atoms with Crippen molar-refractivity contribution in [1.82, 2.24) is 0 Å². The van der Waals surface area contributed by atoms with Crippen LogP contribution < -0.4 is 0 Å². The van der Waals surface area contributed by atoms with Gasteiger partial charge in [0.15, 0.2) is 0 Å². The Hall–Kier alpha value is -1.83. The van der Waals surface area contributed by atoms with Gasteiger partial charge in [0, 0.05) is 6.08 Å². The van der Waals surface area contributed by atoms with Gasteiger partial charge in [0.05, 0.1) is 0 Å². The molecule has 0 unspecified atom stereocenters. The van der Waals surface area contributed by atoms with Gasteiger partial charge in [-0.05, 0) is 11.1 Å². The first-order chi connectivity index (χ1) is 6.76. The van der Waals surface area contributed by atoms with E-state index >= 15 is 0 Å². The Balaban J connectivity index is 2.55. The molecule has 0 fully saturated rings. The molecule has 0 heterocycles. The van der Waals surface area contributed by atoms with E-state index in [4.69, 9.17) is 4.74 Å². The second-order valence-corrected chi connectivity index (χ2v) is 2.76. The van der Waals surface area contributed by atoms with E-state index in [1.165, 1.54) is 0 Å². The summed E-state index contributed by atoms with van der Waals surface area (Å²) in [5.41, 5.74) is 1.99. The van der Waals surface area contributed by atoms with Gasteiger partial charge in [-0.3, -0.25) is 0 Å². The molecule has 0 aliphatic heterocycles. The second kappa shape index (κ2) is 5.02. The van der Waals surface area contributed by atoms with Crippen LogP contribution in [0.4, 0.5) is 0 Å². The Morgan fingerprint density at radius 1 is 1.29 bits per heavy atom. The van der Waals surface area contributed by atoms with Crippen LogP contribution in [0.1, 0.15) is 11.1 Å². The SMILES string of the molecule is C=CC(=O)OCc1ccc(C=C)cc1. The second-order valence-electron chi connectivity index (χ2n) is 2.76. The highest BCUT2D eigenvalue weighted by Gasteiger charge is 1.96. The number of benzene rings is 1. The van der Waals surface area contributed by atoms with Gasteiger partial charge in [0.1, 0.15) is 6.61 Å². The Labute approximate surface area is 83.5 Å². The molecule has 0 atom stereocenters. The van der Waals surface area contributed by atoms with E-state index in [1.807, 2.05) is 24.3 Å². The van der Waals surface area contributed by atoms with Crippen molar-refractivity contribution in [2.24, 2.45) is 0 Å². The van der Waals surface area contributed by atoms with Crippen molar-refractivity contribution in [3.8, 4) is 0 Å². The minimum atomic E-state index is -0.405. The summed E-state index contributed by atoms with van der Waals surface area (Å²) in [4.78, 5) is 10.8. The van der Waals surface area contributed by atoms with Crippen LogP contribution in [0.15, 0.2) is 43.5 Å². The topological polar surface area (TPSA) is 26.3 Å². The van der Waals surface area contributed by atoms with Gasteiger partial charge < -0.3 is 4.74 Å². The van der Waals surface area contributed by atoms with Crippen LogP contribution in [0.2, 0.25) is 0 Å². The van der Waals surface area contributed by atoms with E-state index in [0.717, 1.165) is 17.2 Å². The van der Waals surface area contributed by atoms with Crippen LogP contribution in [0.3, 0.4) is 0 Å². The zero-order valence-electron chi connectivity index (χ0n) is 7.90. The van der Waals surface area contributed by atoms with Gasteiger partial charge in [-0.1, -0.05) is 43.5 Å². The Morgan fingerprint density at radius 3 is 2.43 bits per heavy atom. The number of hydrogen-bond acceptors (Lipinski definition) is 2. The van der Waals surface area contributed by atoms with E-state index < -0.39 is 5.97 Å². The molecule has 0 aliphatic rings. The Morgan fingerprint density at radius 2 is 1.93 bits per heavy atom. The number of ether oxygens (including phenoxy) is 1. The molecule has 14 heavy (non-hydrogen) atoms. The van der Waals surface area contributed by atoms with Crippen LogP contribution in [-0.2, 0) is 16.1 Å². The first-order valence-corrected chi connectivity index (χ1v) is 4.27.